The molecular weight excluding hydrogens is 1440 g/mol. The van der Waals surface area contributed by atoms with Gasteiger partial charge in [-0.25, -0.2) is 9.59 Å². The first kappa shape index (κ1) is 91.1. The van der Waals surface area contributed by atoms with Gasteiger partial charge in [-0.15, -0.1) is 23.5 Å². The van der Waals surface area contributed by atoms with Gasteiger partial charge in [-0.05, 0) is 92.0 Å². The van der Waals surface area contributed by atoms with E-state index in [1.165, 1.54) is 43.2 Å². The zero-order valence-corrected chi connectivity index (χ0v) is 67.6. The molecule has 12 atom stereocenters. The number of thioether (sulfide) groups is 2. The molecule has 602 valence electrons. The number of likely N-dealkylation sites (tertiary alicyclic amines) is 1. The zero-order valence-electron chi connectivity index (χ0n) is 66.0. The number of aliphatic hydroxyl groups excluding tert-OH is 1. The van der Waals surface area contributed by atoms with Gasteiger partial charge in [-0.2, -0.15) is 0 Å². The maximum atomic E-state index is 14.9. The fourth-order valence-corrected chi connectivity index (χ4v) is 15.2. The molecule has 0 saturated carbocycles. The van der Waals surface area contributed by atoms with Crippen molar-refractivity contribution in [3.8, 4) is 0 Å². The average Bonchev–Trinajstić information content (AvgIpc) is 1.80. The van der Waals surface area contributed by atoms with Crippen LogP contribution in [0.3, 0.4) is 0 Å². The summed E-state index contributed by atoms with van der Waals surface area (Å²) in [6, 6.07) is 10.8. The molecule has 109 heavy (non-hydrogen) atoms. The van der Waals surface area contributed by atoms with E-state index in [1.807, 2.05) is 45.9 Å². The minimum atomic E-state index is -1.11. The van der Waals surface area contributed by atoms with Crippen LogP contribution in [-0.4, -0.2) is 240 Å². The summed E-state index contributed by atoms with van der Waals surface area (Å²) in [5, 5.41) is 22.0. The maximum Gasteiger partial charge on any atom is 0.410 e. The van der Waals surface area contributed by atoms with Crippen LogP contribution in [0.5, 0.6) is 0 Å². The van der Waals surface area contributed by atoms with Crippen molar-refractivity contribution >= 4 is 112 Å². The first-order valence-corrected chi connectivity index (χ1v) is 39.8. The van der Waals surface area contributed by atoms with Crippen LogP contribution in [0.25, 0.3) is 0 Å². The SMILES string of the molecule is CC[C@H](C)[C@@H]([C@@H](CC(=O)N1CCC[C@H]1[C@H](OC)[C@@H](C)C(=O)N[C@H](C)[C@@H](O)c1ccccc1)OC)N(C)C(=O)[C@@H](CC(=O)[C@H](C(C)C)N(C)C(=O)OCc1ccc(NC(=O)[C@H](CCCNC(N)=O)CC(=O)[C@@H](NC(=O)CCC(=O)N(CCN2C(=O)C=C(SC)C2=O)CCN2C(=O)C=C(SC)C2=O)C(C)C)cc1)C(C)C. The number of rotatable bonds is 45. The Morgan fingerprint density at radius 3 is 1.82 bits per heavy atom. The summed E-state index contributed by atoms with van der Waals surface area (Å²) in [6.07, 6.45) is 3.24. The van der Waals surface area contributed by atoms with Crippen molar-refractivity contribution < 1.29 is 86.4 Å². The molecule has 1 fully saturated rings. The summed E-state index contributed by atoms with van der Waals surface area (Å²) in [4.78, 5) is 198. The van der Waals surface area contributed by atoms with Gasteiger partial charge in [0.2, 0.25) is 35.4 Å². The standard InChI is InChI=1S/C78H115N11O18S2/c1-17-48(8)69(59(105-13)41-64(94)87-34-22-26-56(87)71(106-14)49(9)72(98)81-50(10)70(97)52-23-19-18-20-24-52)84(11)74(100)55(45(2)3)40-58(91)68(47(6)7)85(12)78(104)107-44-51-27-29-54(30-28-51)82-73(99)53(25-21-33-80-77(79)103)39-57(90)67(46(4)5)83-62(92)31-32-63(93)86(35-37-88-65(95)42-60(108-15)75(88)101)36-38-89-66(96)43-61(109-16)76(89)102/h18-20,23-24,27-30,42-43,45-50,53,55-56,59,67-71,97H,17,21-22,25-26,31-41,44H2,1-16H3,(H,81,98)(H,82,99)(H,83,92)(H3,79,80,103)/t48-,49+,50+,53+,55-,56-,59+,67-,68-,69-,70+,71+/m0/s1. The molecule has 5 rings (SSSR count). The zero-order chi connectivity index (χ0) is 81.3. The Morgan fingerprint density at radius 1 is 0.706 bits per heavy atom. The minimum absolute atomic E-state index is 0.0867. The number of urea groups is 1. The third kappa shape index (κ3) is 25.5. The van der Waals surface area contributed by atoms with E-state index in [0.717, 1.165) is 33.3 Å². The third-order valence-corrected chi connectivity index (χ3v) is 22.2. The van der Waals surface area contributed by atoms with Gasteiger partial charge in [0.15, 0.2) is 11.6 Å². The van der Waals surface area contributed by atoms with Crippen LogP contribution in [0.15, 0.2) is 76.6 Å². The molecular formula is C78H115N11O18S2. The summed E-state index contributed by atoms with van der Waals surface area (Å²) < 4.78 is 17.8. The summed E-state index contributed by atoms with van der Waals surface area (Å²) in [6.45, 7) is 17.6. The minimum Gasteiger partial charge on any atom is -0.445 e. The van der Waals surface area contributed by atoms with Gasteiger partial charge in [-0.1, -0.05) is 111 Å². The van der Waals surface area contributed by atoms with Gasteiger partial charge in [0, 0.05) is 123 Å². The number of primary amides is 1. The number of nitrogens with one attached hydrogen (secondary N) is 4. The van der Waals surface area contributed by atoms with Crippen molar-refractivity contribution in [2.45, 2.75) is 189 Å². The van der Waals surface area contributed by atoms with Crippen LogP contribution >= 0.6 is 23.5 Å². The predicted molar refractivity (Wildman–Crippen MR) is 414 cm³/mol. The lowest BCUT2D eigenvalue weighted by Gasteiger charge is -2.41. The number of anilines is 1. The Kier molecular flexibility index (Phi) is 36.6. The summed E-state index contributed by atoms with van der Waals surface area (Å²) >= 11 is 2.19. The Labute approximate surface area is 649 Å². The van der Waals surface area contributed by atoms with Crippen LogP contribution in [0.4, 0.5) is 15.3 Å². The number of hydrogen-bond donors (Lipinski definition) is 6. The van der Waals surface area contributed by atoms with Crippen LogP contribution < -0.4 is 27.0 Å². The van der Waals surface area contributed by atoms with Gasteiger partial charge in [0.05, 0.1) is 70.7 Å². The van der Waals surface area contributed by atoms with Crippen molar-refractivity contribution in [2.24, 2.45) is 47.2 Å². The molecule has 0 aliphatic carbocycles. The lowest BCUT2D eigenvalue weighted by Crippen LogP contribution is -2.55. The molecule has 3 heterocycles. The Morgan fingerprint density at radius 2 is 1.30 bits per heavy atom. The number of carbonyl (C=O) groups is 14. The number of imide groups is 2. The van der Waals surface area contributed by atoms with Gasteiger partial charge in [0.25, 0.3) is 23.6 Å². The Bertz CT molecular complexity index is 3540. The summed E-state index contributed by atoms with van der Waals surface area (Å²) in [5.74, 6) is -9.71. The van der Waals surface area contributed by atoms with E-state index in [4.69, 9.17) is 19.9 Å². The number of aliphatic hydroxyl groups is 1. The number of nitrogens with two attached hydrogens (primary N) is 1. The highest BCUT2D eigenvalue weighted by molar-refractivity contribution is 8.03. The fourth-order valence-electron chi connectivity index (χ4n) is 14.2. The van der Waals surface area contributed by atoms with Crippen molar-refractivity contribution in [2.75, 3.05) is 85.4 Å². The van der Waals surface area contributed by atoms with E-state index in [2.05, 4.69) is 21.3 Å². The second kappa shape index (κ2) is 43.8. The topological polar surface area (TPSA) is 380 Å². The van der Waals surface area contributed by atoms with Gasteiger partial charge < -0.3 is 65.9 Å². The number of ketones is 2. The second-order valence-electron chi connectivity index (χ2n) is 29.3. The largest absolute Gasteiger partial charge is 0.445 e. The smallest absolute Gasteiger partial charge is 0.410 e. The highest BCUT2D eigenvalue weighted by Crippen LogP contribution is 2.33. The van der Waals surface area contributed by atoms with Crippen molar-refractivity contribution in [1.29, 1.82) is 0 Å². The third-order valence-electron chi connectivity index (χ3n) is 20.7. The molecule has 13 amide bonds. The lowest BCUT2D eigenvalue weighted by atomic mass is 9.83. The molecule has 31 heteroatoms. The van der Waals surface area contributed by atoms with E-state index in [9.17, 15) is 72.2 Å². The van der Waals surface area contributed by atoms with Gasteiger partial charge in [0.1, 0.15) is 6.61 Å². The second-order valence-corrected chi connectivity index (χ2v) is 31.0. The monoisotopic (exact) mass is 1560 g/mol. The van der Waals surface area contributed by atoms with Gasteiger partial charge in [-0.3, -0.25) is 67.3 Å². The number of hydrogen-bond acceptors (Lipinski definition) is 20. The summed E-state index contributed by atoms with van der Waals surface area (Å²) in [5.41, 5.74) is 6.79. The van der Waals surface area contributed by atoms with Crippen molar-refractivity contribution in [3.05, 3.63) is 87.7 Å². The van der Waals surface area contributed by atoms with Gasteiger partial charge >= 0.3 is 12.1 Å². The molecule has 2 aromatic carbocycles. The number of amides is 13. The number of carbonyl (C=O) groups excluding carboxylic acids is 14. The van der Waals surface area contributed by atoms with E-state index in [1.54, 1.807) is 107 Å². The first-order chi connectivity index (χ1) is 51.5. The Hall–Kier alpha value is -8.52. The normalized spacial score (nSPS) is 17.5. The van der Waals surface area contributed by atoms with Crippen molar-refractivity contribution in [1.82, 2.24) is 45.3 Å². The number of nitrogens with zero attached hydrogens (tertiary/aromatic N) is 6. The van der Waals surface area contributed by atoms with Crippen molar-refractivity contribution in [3.63, 3.8) is 0 Å². The molecule has 3 aliphatic heterocycles. The average molecular weight is 1560 g/mol. The van der Waals surface area contributed by atoms with E-state index in [0.29, 0.717) is 42.6 Å². The first-order valence-electron chi connectivity index (χ1n) is 37.4. The molecule has 1 saturated heterocycles. The van der Waals surface area contributed by atoms with E-state index >= 15 is 0 Å². The molecule has 0 aromatic heterocycles. The molecule has 7 N–H and O–H groups in total. The highest BCUT2D eigenvalue weighted by atomic mass is 32.2. The predicted octanol–water partition coefficient (Wildman–Crippen LogP) is 6.61. The summed E-state index contributed by atoms with van der Waals surface area (Å²) in [7, 11) is 6.14. The Balaban J connectivity index is 1.19. The molecule has 0 bridgehead atoms. The number of Topliss-reactive ketones (excluding diaryl/α,β-unsaturated/α-hetero) is 2. The maximum absolute atomic E-state index is 14.9. The molecule has 0 radical (unpaired) electrons. The molecule has 3 aliphatic rings. The van der Waals surface area contributed by atoms with E-state index in [-0.39, 0.29) is 117 Å². The number of ether oxygens (including phenoxy) is 3. The molecule has 0 unspecified atom stereocenters. The molecule has 2 aromatic rings. The fraction of sp³-hybridized carbons (Fsp3) is 0.615. The van der Waals surface area contributed by atoms with E-state index < -0.39 is 150 Å². The van der Waals surface area contributed by atoms with Crippen LogP contribution in [0.1, 0.15) is 151 Å². The number of likely N-dealkylation sites (N-methyl/N-ethyl adjacent to an activating group) is 2. The van der Waals surface area contributed by atoms with Crippen LogP contribution in [0.2, 0.25) is 0 Å². The highest BCUT2D eigenvalue weighted by Gasteiger charge is 2.45. The lowest BCUT2D eigenvalue weighted by molar-refractivity contribution is -0.149. The van der Waals surface area contributed by atoms with Crippen LogP contribution in [0, 0.1) is 41.4 Å². The number of methoxy groups -OCH3 is 2. The molecule has 0 spiro atoms. The number of benzene rings is 2. The van der Waals surface area contributed by atoms with Crippen LogP contribution in [-0.2, 0) is 78.4 Å². The molecule has 29 nitrogen and oxygen atoms in total. The quantitative estimate of drug-likeness (QED) is 0.0300.